The van der Waals surface area contributed by atoms with Crippen LogP contribution in [-0.4, -0.2) is 69.3 Å². The average Bonchev–Trinajstić information content (AvgIpc) is 3.39. The Morgan fingerprint density at radius 3 is 2.48 bits per heavy atom. The second-order valence-electron chi connectivity index (χ2n) is 10.4. The summed E-state index contributed by atoms with van der Waals surface area (Å²) in [4.78, 5) is 41.8. The molecule has 0 aliphatic carbocycles. The van der Waals surface area contributed by atoms with Crippen LogP contribution in [0.1, 0.15) is 39.5 Å². The van der Waals surface area contributed by atoms with Crippen molar-refractivity contribution in [3.8, 4) is 11.5 Å². The minimum absolute atomic E-state index is 0.0183. The smallest absolute Gasteiger partial charge is 0.254 e. The van der Waals surface area contributed by atoms with Gasteiger partial charge in [-0.05, 0) is 55.2 Å². The Bertz CT molecular complexity index is 1430. The number of aromatic hydroxyl groups is 1. The molecule has 1 aliphatic heterocycles. The number of carbonyl (C=O) groups excluding carboxylic acids is 3. The van der Waals surface area contributed by atoms with Gasteiger partial charge in [-0.1, -0.05) is 55.5 Å². The van der Waals surface area contributed by atoms with E-state index in [0.29, 0.717) is 16.9 Å². The number of hydrogen-bond donors (Lipinski definition) is 4. The summed E-state index contributed by atoms with van der Waals surface area (Å²) in [6, 6.07) is 18.0. The van der Waals surface area contributed by atoms with E-state index in [1.807, 2.05) is 61.5 Å². The molecule has 42 heavy (non-hydrogen) atoms. The van der Waals surface area contributed by atoms with E-state index in [2.05, 4.69) is 10.6 Å². The number of aryl methyl sites for hydroxylation is 1. The van der Waals surface area contributed by atoms with Crippen LogP contribution in [0.5, 0.6) is 11.5 Å². The van der Waals surface area contributed by atoms with Crippen LogP contribution < -0.4 is 15.4 Å². The minimum Gasteiger partial charge on any atom is -0.507 e. The van der Waals surface area contributed by atoms with Crippen molar-refractivity contribution in [2.24, 2.45) is 0 Å². The molecule has 222 valence electrons. The topological polar surface area (TPSA) is 128 Å². The number of phenols is 1. The first-order chi connectivity index (χ1) is 20.1. The number of nitrogens with zero attached hydrogens (tertiary/aromatic N) is 1. The molecule has 3 amide bonds. The largest absolute Gasteiger partial charge is 0.507 e. The molecule has 1 unspecified atom stereocenters. The van der Waals surface area contributed by atoms with Gasteiger partial charge in [-0.3, -0.25) is 14.4 Å². The van der Waals surface area contributed by atoms with Crippen molar-refractivity contribution in [2.75, 3.05) is 13.0 Å². The fourth-order valence-electron chi connectivity index (χ4n) is 5.03. The second kappa shape index (κ2) is 13.8. The number of methoxy groups -OCH3 is 1. The Morgan fingerprint density at radius 2 is 1.76 bits per heavy atom. The molecule has 1 saturated heterocycles. The van der Waals surface area contributed by atoms with Crippen molar-refractivity contribution in [1.29, 1.82) is 0 Å². The number of thioether (sulfide) groups is 1. The Kier molecular flexibility index (Phi) is 10.1. The molecule has 1 heterocycles. The van der Waals surface area contributed by atoms with Crippen LogP contribution in [0.4, 0.5) is 0 Å². The highest BCUT2D eigenvalue weighted by Gasteiger charge is 2.43. The number of aliphatic hydroxyl groups is 1. The average molecular weight is 592 g/mol. The van der Waals surface area contributed by atoms with E-state index in [1.54, 1.807) is 33.1 Å². The van der Waals surface area contributed by atoms with E-state index in [9.17, 15) is 24.6 Å². The quantitative estimate of drug-likeness (QED) is 0.285. The maximum Gasteiger partial charge on any atom is 0.254 e. The molecular weight excluding hydrogens is 554 g/mol. The zero-order valence-electron chi connectivity index (χ0n) is 24.2. The summed E-state index contributed by atoms with van der Waals surface area (Å²) in [6.45, 7) is 5.51. The first-order valence-corrected chi connectivity index (χ1v) is 14.8. The molecule has 0 spiro atoms. The normalized spacial score (nSPS) is 17.8. The molecular formula is C32H37N3O6S. The first kappa shape index (κ1) is 30.9. The van der Waals surface area contributed by atoms with Gasteiger partial charge in [-0.25, -0.2) is 0 Å². The fraction of sp³-hybridized carbons (Fsp3) is 0.344. The first-order valence-electron chi connectivity index (χ1n) is 13.8. The molecule has 0 aromatic heterocycles. The van der Waals surface area contributed by atoms with Crippen LogP contribution in [0, 0.1) is 13.8 Å². The highest BCUT2D eigenvalue weighted by molar-refractivity contribution is 8.00. The van der Waals surface area contributed by atoms with E-state index in [4.69, 9.17) is 4.74 Å². The number of aliphatic hydroxyl groups excluding tert-OH is 1. The van der Waals surface area contributed by atoms with Crippen molar-refractivity contribution >= 4 is 29.5 Å². The van der Waals surface area contributed by atoms with Gasteiger partial charge in [-0.2, -0.15) is 0 Å². The number of nitrogens with one attached hydrogen (secondary N) is 2. The van der Waals surface area contributed by atoms with E-state index < -0.39 is 30.0 Å². The molecule has 9 nitrogen and oxygen atoms in total. The minimum atomic E-state index is -1.62. The van der Waals surface area contributed by atoms with Crippen LogP contribution in [0.3, 0.4) is 0 Å². The lowest BCUT2D eigenvalue weighted by Gasteiger charge is -2.31. The van der Waals surface area contributed by atoms with Crippen molar-refractivity contribution in [3.63, 3.8) is 0 Å². The van der Waals surface area contributed by atoms with Crippen LogP contribution in [0.2, 0.25) is 0 Å². The monoisotopic (exact) mass is 591 g/mol. The molecule has 1 fully saturated rings. The number of carbonyl (C=O) groups is 3. The number of amides is 3. The number of phenolic OH excluding ortho intramolecular Hbond substituents is 1. The number of benzene rings is 3. The summed E-state index contributed by atoms with van der Waals surface area (Å²) in [5.74, 6) is -0.569. The van der Waals surface area contributed by atoms with Gasteiger partial charge in [0.25, 0.3) is 11.8 Å². The van der Waals surface area contributed by atoms with Crippen LogP contribution in [0.25, 0.3) is 0 Å². The maximum atomic E-state index is 13.8. The third-order valence-electron chi connectivity index (χ3n) is 7.54. The SMILES string of the molecule is COc1cccc(CNC(=O)C2[C@H](C)SCN2C(=O)[C@@H](O)[C@H](Cc2ccccc2)NC(=O)c2ccc(C)c(O)c2C)c1. The van der Waals surface area contributed by atoms with Crippen LogP contribution in [-0.2, 0) is 22.6 Å². The second-order valence-corrected chi connectivity index (χ2v) is 11.8. The lowest BCUT2D eigenvalue weighted by molar-refractivity contribution is -0.146. The third kappa shape index (κ3) is 7.06. The lowest BCUT2D eigenvalue weighted by atomic mass is 9.98. The summed E-state index contributed by atoms with van der Waals surface area (Å²) in [6.07, 6.45) is -1.44. The molecule has 4 N–H and O–H groups in total. The molecule has 0 radical (unpaired) electrons. The molecule has 10 heteroatoms. The van der Waals surface area contributed by atoms with Crippen molar-refractivity contribution in [3.05, 3.63) is 94.5 Å². The number of hydrogen-bond acceptors (Lipinski definition) is 7. The maximum absolute atomic E-state index is 13.8. The highest BCUT2D eigenvalue weighted by Crippen LogP contribution is 2.30. The Morgan fingerprint density at radius 1 is 1.05 bits per heavy atom. The lowest BCUT2D eigenvalue weighted by Crippen LogP contribution is -2.57. The van der Waals surface area contributed by atoms with E-state index in [1.165, 1.54) is 16.7 Å². The fourth-order valence-corrected chi connectivity index (χ4v) is 6.17. The van der Waals surface area contributed by atoms with Gasteiger partial charge in [0.05, 0.1) is 19.0 Å². The van der Waals surface area contributed by atoms with Gasteiger partial charge >= 0.3 is 0 Å². The van der Waals surface area contributed by atoms with Crippen LogP contribution in [0.15, 0.2) is 66.7 Å². The predicted octanol–water partition coefficient (Wildman–Crippen LogP) is 3.33. The third-order valence-corrected chi connectivity index (χ3v) is 8.75. The molecule has 1 aliphatic rings. The summed E-state index contributed by atoms with van der Waals surface area (Å²) in [5, 5.41) is 27.3. The zero-order valence-corrected chi connectivity index (χ0v) is 25.0. The Labute approximate surface area is 250 Å². The van der Waals surface area contributed by atoms with Gasteiger partial charge in [0.1, 0.15) is 17.5 Å². The Hall–Kier alpha value is -4.02. The van der Waals surface area contributed by atoms with Crippen molar-refractivity contribution < 1.29 is 29.3 Å². The van der Waals surface area contributed by atoms with Gasteiger partial charge in [0, 0.05) is 22.9 Å². The van der Waals surface area contributed by atoms with Gasteiger partial charge < -0.3 is 30.5 Å². The molecule has 0 bridgehead atoms. The summed E-state index contributed by atoms with van der Waals surface area (Å²) < 4.78 is 5.25. The van der Waals surface area contributed by atoms with Gasteiger partial charge in [-0.15, -0.1) is 11.8 Å². The summed E-state index contributed by atoms with van der Waals surface area (Å²) >= 11 is 1.44. The molecule has 3 aromatic carbocycles. The molecule has 3 aromatic rings. The van der Waals surface area contributed by atoms with Gasteiger partial charge in [0.2, 0.25) is 5.91 Å². The standard InChI is InChI=1S/C32H37N3O6S/c1-19-13-14-25(20(2)28(19)36)30(38)34-26(16-22-9-6-5-7-10-22)29(37)32(40)35-18-42-21(3)27(35)31(39)33-17-23-11-8-12-24(15-23)41-4/h5-15,21,26-27,29,36-37H,16-18H2,1-4H3,(H,33,39)(H,34,38)/t21-,26-,27?,29-/m0/s1. The van der Waals surface area contributed by atoms with E-state index in [0.717, 1.165) is 11.1 Å². The highest BCUT2D eigenvalue weighted by atomic mass is 32.2. The van der Waals surface area contributed by atoms with E-state index >= 15 is 0 Å². The summed E-state index contributed by atoms with van der Waals surface area (Å²) in [5.41, 5.74) is 2.95. The van der Waals surface area contributed by atoms with Gasteiger partial charge in [0.15, 0.2) is 6.10 Å². The number of rotatable bonds is 10. The van der Waals surface area contributed by atoms with Crippen LogP contribution >= 0.6 is 11.8 Å². The number of ether oxygens (including phenoxy) is 1. The molecule has 0 saturated carbocycles. The Balaban J connectivity index is 1.53. The predicted molar refractivity (Wildman–Crippen MR) is 162 cm³/mol. The zero-order chi connectivity index (χ0) is 30.4. The van der Waals surface area contributed by atoms with Crippen molar-refractivity contribution in [1.82, 2.24) is 15.5 Å². The van der Waals surface area contributed by atoms with E-state index in [-0.39, 0.29) is 41.3 Å². The molecule has 4 atom stereocenters. The summed E-state index contributed by atoms with van der Waals surface area (Å²) in [7, 11) is 1.57. The molecule has 4 rings (SSSR count). The van der Waals surface area contributed by atoms with Crippen molar-refractivity contribution in [2.45, 2.75) is 57.2 Å².